The van der Waals surface area contributed by atoms with Crippen molar-refractivity contribution in [1.29, 1.82) is 0 Å². The summed E-state index contributed by atoms with van der Waals surface area (Å²) in [6.07, 6.45) is -2.72. The predicted molar refractivity (Wildman–Crippen MR) is 38.6 cm³/mol. The molecule has 66 valence electrons. The summed E-state index contributed by atoms with van der Waals surface area (Å²) in [6, 6.07) is -1.37. The van der Waals surface area contributed by atoms with Crippen molar-refractivity contribution in [3.8, 4) is 0 Å². The molecule has 11 heavy (non-hydrogen) atoms. The summed E-state index contributed by atoms with van der Waals surface area (Å²) in [7, 11) is 0. The zero-order valence-corrected chi connectivity index (χ0v) is 6.09. The van der Waals surface area contributed by atoms with E-state index in [1.165, 1.54) is 0 Å². The van der Waals surface area contributed by atoms with E-state index >= 15 is 0 Å². The van der Waals surface area contributed by atoms with E-state index in [9.17, 15) is 5.11 Å². The van der Waals surface area contributed by atoms with Crippen LogP contribution >= 0.6 is 0 Å². The molecule has 0 radical (unpaired) electrons. The predicted octanol–water partition coefficient (Wildman–Crippen LogP) is -2.87. The second-order valence-electron chi connectivity index (χ2n) is 3.03. The number of hydrogen-bond acceptors (Lipinski definition) is 5. The zero-order chi connectivity index (χ0) is 8.59. The fraction of sp³-hybridized carbons (Fsp3) is 1.00. The molecule has 0 aromatic carbocycles. The first-order chi connectivity index (χ1) is 5.04. The fourth-order valence-corrected chi connectivity index (χ4v) is 1.28. The van der Waals surface area contributed by atoms with Crippen molar-refractivity contribution in [2.75, 3.05) is 0 Å². The van der Waals surface area contributed by atoms with Gasteiger partial charge >= 0.3 is 0 Å². The third-order valence-electron chi connectivity index (χ3n) is 2.14. The Labute approximate surface area is 64.6 Å². The smallest absolute Gasteiger partial charge is 0.0990 e. The van der Waals surface area contributed by atoms with Gasteiger partial charge in [0.2, 0.25) is 0 Å². The third kappa shape index (κ3) is 1.52. The first-order valence-corrected chi connectivity index (χ1v) is 3.59. The normalized spacial score (nSPS) is 52.6. The van der Waals surface area contributed by atoms with Crippen LogP contribution in [0.25, 0.3) is 0 Å². The highest BCUT2D eigenvalue weighted by Gasteiger charge is 2.38. The van der Waals surface area contributed by atoms with E-state index in [4.69, 9.17) is 21.7 Å². The Bertz CT molecular complexity index is 130. The van der Waals surface area contributed by atoms with Crippen molar-refractivity contribution >= 4 is 0 Å². The Morgan fingerprint density at radius 2 is 1.55 bits per heavy atom. The highest BCUT2D eigenvalue weighted by molar-refractivity contribution is 4.96. The van der Waals surface area contributed by atoms with Crippen LogP contribution in [-0.4, -0.2) is 45.7 Å². The maximum Gasteiger partial charge on any atom is 0.0990 e. The highest BCUT2D eigenvalue weighted by Crippen LogP contribution is 2.17. The van der Waals surface area contributed by atoms with Crippen LogP contribution < -0.4 is 11.5 Å². The van der Waals surface area contributed by atoms with Crippen LogP contribution in [-0.2, 0) is 0 Å². The van der Waals surface area contributed by atoms with Gasteiger partial charge in [-0.25, -0.2) is 0 Å². The summed E-state index contributed by atoms with van der Waals surface area (Å²) in [6.45, 7) is 0. The lowest BCUT2D eigenvalue weighted by Gasteiger charge is -2.37. The van der Waals surface area contributed by atoms with E-state index in [0.717, 1.165) is 0 Å². The second kappa shape index (κ2) is 3.04. The number of nitrogens with two attached hydrogens (primary N) is 2. The highest BCUT2D eigenvalue weighted by atomic mass is 16.3. The number of aliphatic hydroxyl groups excluding tert-OH is 3. The molecule has 7 N–H and O–H groups in total. The molecule has 1 fully saturated rings. The van der Waals surface area contributed by atoms with E-state index in [0.29, 0.717) is 0 Å². The first kappa shape index (κ1) is 8.89. The molecule has 1 rings (SSSR count). The van der Waals surface area contributed by atoms with Gasteiger partial charge in [-0.15, -0.1) is 0 Å². The van der Waals surface area contributed by atoms with E-state index in [1.807, 2.05) is 0 Å². The Morgan fingerprint density at radius 3 is 2.09 bits per heavy atom. The Hall–Kier alpha value is -0.200. The molecule has 5 atom stereocenters. The zero-order valence-electron chi connectivity index (χ0n) is 6.09. The molecule has 0 aromatic heterocycles. The number of aliphatic hydroxyl groups is 3. The molecule has 0 amide bonds. The van der Waals surface area contributed by atoms with Gasteiger partial charge in [0, 0.05) is 6.04 Å². The van der Waals surface area contributed by atoms with Gasteiger partial charge in [0.1, 0.15) is 0 Å². The van der Waals surface area contributed by atoms with Crippen molar-refractivity contribution in [3.63, 3.8) is 0 Å². The van der Waals surface area contributed by atoms with Crippen LogP contribution in [0.5, 0.6) is 0 Å². The van der Waals surface area contributed by atoms with Crippen LogP contribution in [0.4, 0.5) is 0 Å². The first-order valence-electron chi connectivity index (χ1n) is 3.59. The van der Waals surface area contributed by atoms with Gasteiger partial charge in [-0.05, 0) is 6.42 Å². The van der Waals surface area contributed by atoms with E-state index in [2.05, 4.69) is 0 Å². The van der Waals surface area contributed by atoms with Gasteiger partial charge in [-0.3, -0.25) is 0 Å². The quantitative estimate of drug-likeness (QED) is 0.263. The largest absolute Gasteiger partial charge is 0.391 e. The van der Waals surface area contributed by atoms with Crippen molar-refractivity contribution in [1.82, 2.24) is 0 Å². The van der Waals surface area contributed by atoms with Gasteiger partial charge in [0.15, 0.2) is 0 Å². The van der Waals surface area contributed by atoms with Gasteiger partial charge in [-0.1, -0.05) is 0 Å². The molecule has 5 nitrogen and oxygen atoms in total. The average Bonchev–Trinajstić information content (AvgIpc) is 1.97. The summed E-state index contributed by atoms with van der Waals surface area (Å²) in [5.74, 6) is 0. The molecule has 0 aliphatic heterocycles. The third-order valence-corrected chi connectivity index (χ3v) is 2.14. The van der Waals surface area contributed by atoms with Crippen LogP contribution in [0.3, 0.4) is 0 Å². The summed E-state index contributed by atoms with van der Waals surface area (Å²) >= 11 is 0. The van der Waals surface area contributed by atoms with Crippen molar-refractivity contribution in [3.05, 3.63) is 0 Å². The Balaban J connectivity index is 2.63. The van der Waals surface area contributed by atoms with Crippen LogP contribution in [0.2, 0.25) is 0 Å². The maximum absolute atomic E-state index is 9.17. The topological polar surface area (TPSA) is 113 Å². The molecular formula is C6H14N2O3. The number of rotatable bonds is 0. The lowest BCUT2D eigenvalue weighted by atomic mass is 9.85. The average molecular weight is 162 g/mol. The minimum absolute atomic E-state index is 0.236. The Kier molecular flexibility index (Phi) is 2.46. The lowest BCUT2D eigenvalue weighted by Crippen LogP contribution is -2.61. The van der Waals surface area contributed by atoms with Crippen LogP contribution in [0, 0.1) is 0 Å². The molecule has 1 aliphatic carbocycles. The summed E-state index contributed by atoms with van der Waals surface area (Å²) in [4.78, 5) is 0. The summed E-state index contributed by atoms with van der Waals surface area (Å²) in [5, 5.41) is 27.5. The van der Waals surface area contributed by atoms with Crippen LogP contribution in [0.15, 0.2) is 0 Å². The standard InChI is InChI=1S/C6H14N2O3/c7-2-1-3(9)4(8)6(11)5(2)10/h2-6,9-11H,1,7-8H2. The molecule has 0 aromatic rings. The monoisotopic (exact) mass is 162 g/mol. The molecule has 0 bridgehead atoms. The van der Waals surface area contributed by atoms with Crippen molar-refractivity contribution < 1.29 is 15.3 Å². The fourth-order valence-electron chi connectivity index (χ4n) is 1.28. The van der Waals surface area contributed by atoms with E-state index in [-0.39, 0.29) is 6.42 Å². The van der Waals surface area contributed by atoms with Gasteiger partial charge in [0.05, 0.1) is 24.4 Å². The molecule has 1 saturated carbocycles. The van der Waals surface area contributed by atoms with E-state index < -0.39 is 30.4 Å². The van der Waals surface area contributed by atoms with Crippen molar-refractivity contribution in [2.45, 2.75) is 36.8 Å². The minimum Gasteiger partial charge on any atom is -0.391 e. The van der Waals surface area contributed by atoms with Crippen LogP contribution in [0.1, 0.15) is 6.42 Å². The summed E-state index contributed by atoms with van der Waals surface area (Å²) < 4.78 is 0. The Morgan fingerprint density at radius 1 is 1.00 bits per heavy atom. The number of hydrogen-bond donors (Lipinski definition) is 5. The molecule has 5 unspecified atom stereocenters. The SMILES string of the molecule is NC1CC(O)C(N)C(O)C1O. The molecule has 0 heterocycles. The summed E-state index contributed by atoms with van der Waals surface area (Å²) in [5.41, 5.74) is 10.8. The minimum atomic E-state index is -1.12. The van der Waals surface area contributed by atoms with E-state index in [1.54, 1.807) is 0 Å². The van der Waals surface area contributed by atoms with Crippen molar-refractivity contribution in [2.24, 2.45) is 11.5 Å². The second-order valence-corrected chi connectivity index (χ2v) is 3.03. The van der Waals surface area contributed by atoms with Gasteiger partial charge in [0.25, 0.3) is 0 Å². The molecule has 1 aliphatic rings. The molecular weight excluding hydrogens is 148 g/mol. The van der Waals surface area contributed by atoms with Gasteiger partial charge in [-0.2, -0.15) is 0 Å². The maximum atomic E-state index is 9.17. The lowest BCUT2D eigenvalue weighted by molar-refractivity contribution is -0.0748. The molecule has 0 saturated heterocycles. The molecule has 5 heteroatoms. The van der Waals surface area contributed by atoms with Gasteiger partial charge < -0.3 is 26.8 Å². The molecule has 0 spiro atoms.